The standard InChI is InChI=1S/C17H24IN5O2/c1-17(2,3)25-16(24)22-6-4-11(5-7-22)8-23-9-12(18)13-14(19)20-10-21-15(13)23/h9-11H,4-8H2,1-3H3,(H2,19,20,21). The van der Waals surface area contributed by atoms with Crippen LogP contribution in [0.3, 0.4) is 0 Å². The van der Waals surface area contributed by atoms with E-state index >= 15 is 0 Å². The third-order valence-electron chi connectivity index (χ3n) is 4.36. The van der Waals surface area contributed by atoms with Crippen LogP contribution in [-0.4, -0.2) is 44.2 Å². The lowest BCUT2D eigenvalue weighted by Gasteiger charge is -2.33. The quantitative estimate of drug-likeness (QED) is 0.700. The molecule has 2 N–H and O–H groups in total. The van der Waals surface area contributed by atoms with Crippen molar-refractivity contribution in [2.75, 3.05) is 18.8 Å². The van der Waals surface area contributed by atoms with E-state index in [2.05, 4.69) is 43.3 Å². The van der Waals surface area contributed by atoms with Crippen LogP contribution in [0.15, 0.2) is 12.5 Å². The molecule has 0 saturated carbocycles. The lowest BCUT2D eigenvalue weighted by Crippen LogP contribution is -2.42. The highest BCUT2D eigenvalue weighted by Crippen LogP contribution is 2.28. The Kier molecular flexibility index (Phi) is 5.08. The first-order valence-electron chi connectivity index (χ1n) is 8.47. The molecule has 8 heteroatoms. The molecule has 3 heterocycles. The number of rotatable bonds is 2. The lowest BCUT2D eigenvalue weighted by atomic mass is 9.97. The molecule has 2 aromatic rings. The van der Waals surface area contributed by atoms with Crippen molar-refractivity contribution in [1.29, 1.82) is 0 Å². The number of hydrogen-bond acceptors (Lipinski definition) is 5. The second-order valence-corrected chi connectivity index (χ2v) is 8.66. The smallest absolute Gasteiger partial charge is 0.410 e. The summed E-state index contributed by atoms with van der Waals surface area (Å²) in [6, 6.07) is 0. The molecule has 136 valence electrons. The Morgan fingerprint density at radius 2 is 2.04 bits per heavy atom. The molecular formula is C17H24IN5O2. The fourth-order valence-electron chi connectivity index (χ4n) is 3.14. The largest absolute Gasteiger partial charge is 0.444 e. The van der Waals surface area contributed by atoms with Crippen LogP contribution in [0.4, 0.5) is 10.6 Å². The number of amides is 1. The number of piperidine rings is 1. The third kappa shape index (κ3) is 4.16. The molecule has 1 saturated heterocycles. The Morgan fingerprint density at radius 1 is 1.36 bits per heavy atom. The van der Waals surface area contributed by atoms with E-state index in [9.17, 15) is 4.79 Å². The number of hydrogen-bond donors (Lipinski definition) is 1. The molecule has 0 unspecified atom stereocenters. The molecule has 1 aliphatic rings. The van der Waals surface area contributed by atoms with Crippen LogP contribution < -0.4 is 5.73 Å². The highest BCUT2D eigenvalue weighted by Gasteiger charge is 2.27. The minimum absolute atomic E-state index is 0.215. The molecular weight excluding hydrogens is 433 g/mol. The van der Waals surface area contributed by atoms with Crippen molar-refractivity contribution in [2.24, 2.45) is 5.92 Å². The van der Waals surface area contributed by atoms with Crippen molar-refractivity contribution in [1.82, 2.24) is 19.4 Å². The number of likely N-dealkylation sites (tertiary alicyclic amines) is 1. The average molecular weight is 457 g/mol. The average Bonchev–Trinajstić information content (AvgIpc) is 2.84. The maximum atomic E-state index is 12.2. The Labute approximate surface area is 161 Å². The molecule has 7 nitrogen and oxygen atoms in total. The van der Waals surface area contributed by atoms with E-state index in [1.54, 1.807) is 4.90 Å². The fraction of sp³-hybridized carbons (Fsp3) is 0.588. The van der Waals surface area contributed by atoms with Gasteiger partial charge in [0, 0.05) is 29.4 Å². The van der Waals surface area contributed by atoms with Crippen molar-refractivity contribution >= 4 is 45.5 Å². The van der Waals surface area contributed by atoms with Gasteiger partial charge >= 0.3 is 6.09 Å². The van der Waals surface area contributed by atoms with Crippen molar-refractivity contribution in [3.05, 3.63) is 16.1 Å². The number of fused-ring (bicyclic) bond motifs is 1. The van der Waals surface area contributed by atoms with Crippen LogP contribution >= 0.6 is 22.6 Å². The highest BCUT2D eigenvalue weighted by molar-refractivity contribution is 14.1. The van der Waals surface area contributed by atoms with Crippen molar-refractivity contribution in [3.63, 3.8) is 0 Å². The zero-order valence-electron chi connectivity index (χ0n) is 14.8. The van der Waals surface area contributed by atoms with E-state index < -0.39 is 5.60 Å². The van der Waals surface area contributed by atoms with Gasteiger partial charge in [0.05, 0.1) is 5.39 Å². The van der Waals surface area contributed by atoms with Gasteiger partial charge in [-0.05, 0) is 62.1 Å². The Morgan fingerprint density at radius 3 is 2.68 bits per heavy atom. The molecule has 1 fully saturated rings. The first-order chi connectivity index (χ1) is 11.7. The predicted molar refractivity (Wildman–Crippen MR) is 105 cm³/mol. The van der Waals surface area contributed by atoms with Gasteiger partial charge in [-0.15, -0.1) is 0 Å². The molecule has 1 aliphatic heterocycles. The topological polar surface area (TPSA) is 86.3 Å². The summed E-state index contributed by atoms with van der Waals surface area (Å²) >= 11 is 2.27. The zero-order chi connectivity index (χ0) is 18.2. The van der Waals surface area contributed by atoms with E-state index in [0.29, 0.717) is 11.7 Å². The Hall–Kier alpha value is -1.58. The summed E-state index contributed by atoms with van der Waals surface area (Å²) in [6.45, 7) is 8.01. The Balaban J connectivity index is 1.64. The maximum Gasteiger partial charge on any atom is 0.410 e. The van der Waals surface area contributed by atoms with Crippen LogP contribution in [0, 0.1) is 9.49 Å². The summed E-state index contributed by atoms with van der Waals surface area (Å²) in [5, 5.41) is 0.925. The number of halogens is 1. The first kappa shape index (κ1) is 18.2. The molecule has 0 aliphatic carbocycles. The van der Waals surface area contributed by atoms with Crippen molar-refractivity contribution in [3.8, 4) is 0 Å². The number of ether oxygens (including phenoxy) is 1. The SMILES string of the molecule is CC(C)(C)OC(=O)N1CCC(Cn2cc(I)c3c(N)ncnc32)CC1. The Bertz CT molecular complexity index is 775. The lowest BCUT2D eigenvalue weighted by molar-refractivity contribution is 0.0178. The molecule has 1 amide bonds. The summed E-state index contributed by atoms with van der Waals surface area (Å²) in [7, 11) is 0. The third-order valence-corrected chi connectivity index (χ3v) is 5.18. The van der Waals surface area contributed by atoms with Gasteiger partial charge in [-0.25, -0.2) is 14.8 Å². The maximum absolute atomic E-state index is 12.2. The van der Waals surface area contributed by atoms with Crippen LogP contribution in [0.5, 0.6) is 0 Å². The zero-order valence-corrected chi connectivity index (χ0v) is 17.0. The second kappa shape index (κ2) is 6.97. The van der Waals surface area contributed by atoms with Crippen LogP contribution in [0.2, 0.25) is 0 Å². The van der Waals surface area contributed by atoms with Gasteiger partial charge in [0.2, 0.25) is 0 Å². The van der Waals surface area contributed by atoms with Gasteiger partial charge in [0.1, 0.15) is 23.4 Å². The van der Waals surface area contributed by atoms with E-state index in [4.69, 9.17) is 10.5 Å². The summed E-state index contributed by atoms with van der Waals surface area (Å²) in [5.74, 6) is 1.02. The van der Waals surface area contributed by atoms with E-state index in [1.807, 2.05) is 20.8 Å². The number of nitrogens with two attached hydrogens (primary N) is 1. The van der Waals surface area contributed by atoms with Gasteiger partial charge < -0.3 is 19.9 Å². The molecule has 3 rings (SSSR count). The first-order valence-corrected chi connectivity index (χ1v) is 9.55. The summed E-state index contributed by atoms with van der Waals surface area (Å²) in [6.07, 6.45) is 5.28. The summed E-state index contributed by atoms with van der Waals surface area (Å²) in [5.41, 5.74) is 6.41. The van der Waals surface area contributed by atoms with Gasteiger partial charge in [-0.3, -0.25) is 0 Å². The minimum Gasteiger partial charge on any atom is -0.444 e. The van der Waals surface area contributed by atoms with Gasteiger partial charge in [0.25, 0.3) is 0 Å². The number of anilines is 1. The molecule has 2 aromatic heterocycles. The summed E-state index contributed by atoms with van der Waals surface area (Å²) < 4.78 is 8.68. The van der Waals surface area contributed by atoms with Gasteiger partial charge in [0.15, 0.2) is 0 Å². The molecule has 0 aromatic carbocycles. The number of nitrogen functional groups attached to an aromatic ring is 1. The van der Waals surface area contributed by atoms with Gasteiger partial charge in [-0.1, -0.05) is 0 Å². The molecule has 25 heavy (non-hydrogen) atoms. The molecule has 0 radical (unpaired) electrons. The number of nitrogens with zero attached hydrogens (tertiary/aromatic N) is 4. The van der Waals surface area contributed by atoms with Crippen molar-refractivity contribution in [2.45, 2.75) is 45.8 Å². The second-order valence-electron chi connectivity index (χ2n) is 7.50. The number of carbonyl (C=O) groups excluding carboxylic acids is 1. The fourth-order valence-corrected chi connectivity index (χ4v) is 3.99. The molecule has 0 spiro atoms. The number of aromatic nitrogens is 3. The monoisotopic (exact) mass is 457 g/mol. The normalized spacial score (nSPS) is 16.4. The highest BCUT2D eigenvalue weighted by atomic mass is 127. The van der Waals surface area contributed by atoms with Crippen molar-refractivity contribution < 1.29 is 9.53 Å². The van der Waals surface area contributed by atoms with Gasteiger partial charge in [-0.2, -0.15) is 0 Å². The van der Waals surface area contributed by atoms with E-state index in [1.165, 1.54) is 6.33 Å². The molecule has 0 atom stereocenters. The summed E-state index contributed by atoms with van der Waals surface area (Å²) in [4.78, 5) is 22.4. The predicted octanol–water partition coefficient (Wildman–Crippen LogP) is 3.27. The van der Waals surface area contributed by atoms with E-state index in [0.717, 1.165) is 47.1 Å². The van der Waals surface area contributed by atoms with Crippen LogP contribution in [0.1, 0.15) is 33.6 Å². The van der Waals surface area contributed by atoms with Crippen LogP contribution in [-0.2, 0) is 11.3 Å². The number of carbonyl (C=O) groups is 1. The van der Waals surface area contributed by atoms with Crippen LogP contribution in [0.25, 0.3) is 11.0 Å². The van der Waals surface area contributed by atoms with E-state index in [-0.39, 0.29) is 6.09 Å². The minimum atomic E-state index is -0.450. The molecule has 0 bridgehead atoms.